The van der Waals surface area contributed by atoms with E-state index in [1.165, 1.54) is 4.90 Å². The molecule has 0 spiro atoms. The van der Waals surface area contributed by atoms with Gasteiger partial charge >= 0.3 is 0 Å². The minimum absolute atomic E-state index is 0.143. The van der Waals surface area contributed by atoms with Crippen molar-refractivity contribution in [3.63, 3.8) is 0 Å². The molecule has 0 aromatic heterocycles. The first kappa shape index (κ1) is 14.4. The van der Waals surface area contributed by atoms with Gasteiger partial charge in [-0.1, -0.05) is 33.6 Å². The Bertz CT molecular complexity index is 259. The fourth-order valence-electron chi connectivity index (χ4n) is 2.22. The molecule has 2 unspecified atom stereocenters. The molecule has 17 heavy (non-hydrogen) atoms. The highest BCUT2D eigenvalue weighted by atomic mass is 19.3. The molecule has 0 aromatic rings. The molecule has 3 nitrogen and oxygen atoms in total. The number of carbonyl (C=O) groups excluding carboxylic acids is 1. The zero-order valence-corrected chi connectivity index (χ0v) is 10.7. The number of nitrogens with zero attached hydrogens (tertiary/aromatic N) is 1. The highest BCUT2D eigenvalue weighted by Crippen LogP contribution is 2.21. The van der Waals surface area contributed by atoms with Crippen LogP contribution in [0.3, 0.4) is 0 Å². The smallest absolute Gasteiger partial charge is 0.255 e. The largest absolute Gasteiger partial charge is 0.320 e. The van der Waals surface area contributed by atoms with Gasteiger partial charge in [-0.2, -0.15) is 0 Å². The second-order valence-electron chi connectivity index (χ2n) is 4.93. The molecule has 0 saturated carbocycles. The Balaban J connectivity index is 2.67. The SMILES string of the molecule is CCCCC1NC(C(C)C)N(CC(F)F)C1=O. The Hall–Kier alpha value is -0.710. The normalized spacial score (nSPS) is 25.4. The number of unbranched alkanes of at least 4 members (excludes halogenated alkanes) is 1. The van der Waals surface area contributed by atoms with E-state index in [-0.39, 0.29) is 24.0 Å². The quantitative estimate of drug-likeness (QED) is 0.781. The van der Waals surface area contributed by atoms with Crippen LogP contribution in [0.25, 0.3) is 0 Å². The standard InChI is InChI=1S/C12H22F2N2O/c1-4-5-6-9-12(17)16(7-10(13)14)11(15-9)8(2)3/h8-11,15H,4-7H2,1-3H3. The van der Waals surface area contributed by atoms with Crippen LogP contribution in [-0.4, -0.2) is 36.0 Å². The van der Waals surface area contributed by atoms with Crippen molar-refractivity contribution in [1.82, 2.24) is 10.2 Å². The van der Waals surface area contributed by atoms with Gasteiger partial charge in [-0.05, 0) is 12.3 Å². The number of halogens is 2. The number of hydrogen-bond donors (Lipinski definition) is 1. The molecule has 1 saturated heterocycles. The van der Waals surface area contributed by atoms with Crippen LogP contribution in [0.15, 0.2) is 0 Å². The topological polar surface area (TPSA) is 32.3 Å². The molecular formula is C12H22F2N2O. The third kappa shape index (κ3) is 3.63. The van der Waals surface area contributed by atoms with Crippen LogP contribution >= 0.6 is 0 Å². The number of nitrogens with one attached hydrogen (secondary N) is 1. The predicted molar refractivity (Wildman–Crippen MR) is 62.8 cm³/mol. The van der Waals surface area contributed by atoms with Crippen molar-refractivity contribution in [2.75, 3.05) is 6.54 Å². The van der Waals surface area contributed by atoms with Crippen molar-refractivity contribution in [3.8, 4) is 0 Å². The maximum absolute atomic E-state index is 12.5. The Morgan fingerprint density at radius 2 is 2.06 bits per heavy atom. The highest BCUT2D eigenvalue weighted by molar-refractivity contribution is 5.84. The molecule has 1 rings (SSSR count). The lowest BCUT2D eigenvalue weighted by Gasteiger charge is -2.26. The minimum atomic E-state index is -2.47. The van der Waals surface area contributed by atoms with Crippen molar-refractivity contribution < 1.29 is 13.6 Å². The maximum atomic E-state index is 12.5. The molecule has 5 heteroatoms. The monoisotopic (exact) mass is 248 g/mol. The van der Waals surface area contributed by atoms with Crippen LogP contribution in [0.4, 0.5) is 8.78 Å². The second-order valence-corrected chi connectivity index (χ2v) is 4.93. The van der Waals surface area contributed by atoms with E-state index >= 15 is 0 Å². The third-order valence-electron chi connectivity index (χ3n) is 3.10. The summed E-state index contributed by atoms with van der Waals surface area (Å²) in [4.78, 5) is 13.3. The minimum Gasteiger partial charge on any atom is -0.320 e. The lowest BCUT2D eigenvalue weighted by atomic mass is 10.1. The van der Waals surface area contributed by atoms with E-state index in [0.29, 0.717) is 0 Å². The molecular weight excluding hydrogens is 226 g/mol. The summed E-state index contributed by atoms with van der Waals surface area (Å²) in [5, 5.41) is 3.17. The molecule has 0 bridgehead atoms. The number of amides is 1. The van der Waals surface area contributed by atoms with Crippen LogP contribution in [0.5, 0.6) is 0 Å². The maximum Gasteiger partial charge on any atom is 0.255 e. The molecule has 100 valence electrons. The summed E-state index contributed by atoms with van der Waals surface area (Å²) in [7, 11) is 0. The van der Waals surface area contributed by atoms with E-state index < -0.39 is 13.0 Å². The van der Waals surface area contributed by atoms with Crippen LogP contribution in [-0.2, 0) is 4.79 Å². The molecule has 1 aliphatic rings. The summed E-state index contributed by atoms with van der Waals surface area (Å²) in [6, 6.07) is -0.277. The van der Waals surface area contributed by atoms with Crippen LogP contribution < -0.4 is 5.32 Å². The van der Waals surface area contributed by atoms with Gasteiger partial charge in [0.05, 0.1) is 18.8 Å². The van der Waals surface area contributed by atoms with Crippen molar-refractivity contribution in [1.29, 1.82) is 0 Å². The van der Waals surface area contributed by atoms with Gasteiger partial charge in [0.1, 0.15) is 0 Å². The van der Waals surface area contributed by atoms with Gasteiger partial charge in [0, 0.05) is 0 Å². The number of alkyl halides is 2. The van der Waals surface area contributed by atoms with E-state index in [9.17, 15) is 13.6 Å². The first-order valence-electron chi connectivity index (χ1n) is 6.32. The summed E-state index contributed by atoms with van der Waals surface area (Å²) < 4.78 is 24.9. The van der Waals surface area contributed by atoms with E-state index in [0.717, 1.165) is 19.3 Å². The first-order valence-corrected chi connectivity index (χ1v) is 6.32. The van der Waals surface area contributed by atoms with Crippen LogP contribution in [0, 0.1) is 5.92 Å². The van der Waals surface area contributed by atoms with Gasteiger partial charge in [-0.25, -0.2) is 8.78 Å². The molecule has 2 atom stereocenters. The molecule has 1 heterocycles. The Labute approximate surface area is 102 Å². The van der Waals surface area contributed by atoms with Gasteiger partial charge in [0.2, 0.25) is 5.91 Å². The molecule has 1 aliphatic heterocycles. The molecule has 0 aromatic carbocycles. The fraction of sp³-hybridized carbons (Fsp3) is 0.917. The third-order valence-corrected chi connectivity index (χ3v) is 3.10. The summed E-state index contributed by atoms with van der Waals surface area (Å²) >= 11 is 0. The summed E-state index contributed by atoms with van der Waals surface area (Å²) in [6.45, 7) is 5.46. The van der Waals surface area contributed by atoms with Crippen molar-refractivity contribution in [2.24, 2.45) is 5.92 Å². The molecule has 1 amide bonds. The van der Waals surface area contributed by atoms with Gasteiger partial charge in [0.25, 0.3) is 6.43 Å². The Kier molecular flexibility index (Phi) is 5.31. The zero-order valence-electron chi connectivity index (χ0n) is 10.7. The molecule has 0 aliphatic carbocycles. The number of hydrogen-bond acceptors (Lipinski definition) is 2. The molecule has 1 fully saturated rings. The summed E-state index contributed by atoms with van der Waals surface area (Å²) in [5.41, 5.74) is 0. The lowest BCUT2D eigenvalue weighted by Crippen LogP contribution is -2.43. The van der Waals surface area contributed by atoms with Crippen molar-refractivity contribution in [3.05, 3.63) is 0 Å². The predicted octanol–water partition coefficient (Wildman–Crippen LogP) is 2.22. The van der Waals surface area contributed by atoms with Crippen molar-refractivity contribution >= 4 is 5.91 Å². The zero-order chi connectivity index (χ0) is 13.0. The van der Waals surface area contributed by atoms with E-state index in [2.05, 4.69) is 12.2 Å². The van der Waals surface area contributed by atoms with Crippen LogP contribution in [0.1, 0.15) is 40.0 Å². The number of carbonyl (C=O) groups is 1. The van der Waals surface area contributed by atoms with Crippen LogP contribution in [0.2, 0.25) is 0 Å². The molecule has 1 N–H and O–H groups in total. The van der Waals surface area contributed by atoms with E-state index in [4.69, 9.17) is 0 Å². The summed E-state index contributed by atoms with van der Waals surface area (Å²) in [6.07, 6.45) is -0.0351. The average molecular weight is 248 g/mol. The summed E-state index contributed by atoms with van der Waals surface area (Å²) in [5.74, 6) is -0.0261. The van der Waals surface area contributed by atoms with Gasteiger partial charge in [-0.15, -0.1) is 0 Å². The highest BCUT2D eigenvalue weighted by Gasteiger charge is 2.40. The Morgan fingerprint density at radius 3 is 2.53 bits per heavy atom. The van der Waals surface area contributed by atoms with Gasteiger partial charge < -0.3 is 4.90 Å². The van der Waals surface area contributed by atoms with Gasteiger partial charge in [-0.3, -0.25) is 10.1 Å². The molecule has 0 radical (unpaired) electrons. The Morgan fingerprint density at radius 1 is 1.41 bits per heavy atom. The van der Waals surface area contributed by atoms with Gasteiger partial charge in [0.15, 0.2) is 0 Å². The lowest BCUT2D eigenvalue weighted by molar-refractivity contribution is -0.132. The number of rotatable bonds is 6. The first-order chi connectivity index (χ1) is 7.97. The average Bonchev–Trinajstić information content (AvgIpc) is 2.53. The van der Waals surface area contributed by atoms with E-state index in [1.807, 2.05) is 13.8 Å². The van der Waals surface area contributed by atoms with Crippen molar-refractivity contribution in [2.45, 2.75) is 58.7 Å². The fourth-order valence-corrected chi connectivity index (χ4v) is 2.22. The second kappa shape index (κ2) is 6.28. The van der Waals surface area contributed by atoms with E-state index in [1.54, 1.807) is 0 Å².